The predicted molar refractivity (Wildman–Crippen MR) is 73.9 cm³/mol. The Balaban J connectivity index is 2.36. The molecule has 4 nitrogen and oxygen atoms in total. The summed E-state index contributed by atoms with van der Waals surface area (Å²) < 4.78 is 2.49. The van der Waals surface area contributed by atoms with Crippen LogP contribution in [0.2, 0.25) is 10.2 Å². The molecule has 0 bridgehead atoms. The van der Waals surface area contributed by atoms with Gasteiger partial charge in [-0.2, -0.15) is 0 Å². The van der Waals surface area contributed by atoms with Gasteiger partial charge < -0.3 is 0 Å². The lowest BCUT2D eigenvalue weighted by Gasteiger charge is -2.05. The zero-order valence-electron chi connectivity index (χ0n) is 8.81. The summed E-state index contributed by atoms with van der Waals surface area (Å²) >= 11 is 15.7. The van der Waals surface area contributed by atoms with E-state index in [9.17, 15) is 0 Å². The number of halogens is 3. The molecule has 90 valence electrons. The first-order valence-electron chi connectivity index (χ1n) is 4.97. The number of hydrogen-bond donors (Lipinski definition) is 0. The van der Waals surface area contributed by atoms with E-state index in [4.69, 9.17) is 23.2 Å². The monoisotopic (exact) mass is 342 g/mol. The first-order chi connectivity index (χ1) is 8.68. The SMILES string of the molecule is Clc1c(Br)cccc1-c1nnc2cncc(Cl)n12. The fourth-order valence-corrected chi connectivity index (χ4v) is 2.46. The number of nitrogens with zero attached hydrogens (tertiary/aromatic N) is 4. The number of rotatable bonds is 1. The van der Waals surface area contributed by atoms with E-state index in [-0.39, 0.29) is 0 Å². The van der Waals surface area contributed by atoms with Crippen LogP contribution >= 0.6 is 39.1 Å². The molecular weight excluding hydrogens is 339 g/mol. The number of aromatic nitrogens is 4. The lowest BCUT2D eigenvalue weighted by atomic mass is 10.2. The van der Waals surface area contributed by atoms with Crippen LogP contribution in [-0.2, 0) is 0 Å². The molecule has 1 aromatic carbocycles. The summed E-state index contributed by atoms with van der Waals surface area (Å²) in [5.74, 6) is 0.587. The van der Waals surface area contributed by atoms with E-state index in [0.29, 0.717) is 21.6 Å². The Kier molecular flexibility index (Phi) is 2.97. The Morgan fingerprint density at radius 3 is 2.78 bits per heavy atom. The van der Waals surface area contributed by atoms with E-state index in [1.165, 1.54) is 6.20 Å². The Labute approximate surface area is 121 Å². The van der Waals surface area contributed by atoms with E-state index >= 15 is 0 Å². The van der Waals surface area contributed by atoms with Crippen LogP contribution < -0.4 is 0 Å². The molecule has 3 rings (SSSR count). The molecule has 0 aliphatic heterocycles. The molecule has 2 heterocycles. The van der Waals surface area contributed by atoms with Crippen LogP contribution in [0.5, 0.6) is 0 Å². The minimum Gasteiger partial charge on any atom is -0.262 e. The second-order valence-corrected chi connectivity index (χ2v) is 5.17. The van der Waals surface area contributed by atoms with Crippen LogP contribution in [0, 0.1) is 0 Å². The Hall–Kier alpha value is -1.17. The predicted octanol–water partition coefficient (Wildman–Crippen LogP) is 3.86. The third-order valence-corrected chi connectivity index (χ3v) is 4.03. The third kappa shape index (κ3) is 1.79. The minimum absolute atomic E-state index is 0.434. The van der Waals surface area contributed by atoms with E-state index in [0.717, 1.165) is 10.0 Å². The van der Waals surface area contributed by atoms with Crippen molar-refractivity contribution in [3.63, 3.8) is 0 Å². The molecular formula is C11H5BrCl2N4. The second-order valence-electron chi connectivity index (χ2n) is 3.55. The molecule has 7 heteroatoms. The maximum Gasteiger partial charge on any atom is 0.180 e. The van der Waals surface area contributed by atoms with Crippen molar-refractivity contribution >= 4 is 44.8 Å². The highest BCUT2D eigenvalue weighted by Gasteiger charge is 2.14. The Morgan fingerprint density at radius 1 is 1.11 bits per heavy atom. The summed E-state index contributed by atoms with van der Waals surface area (Å²) in [6.07, 6.45) is 3.13. The van der Waals surface area contributed by atoms with Crippen molar-refractivity contribution < 1.29 is 0 Å². The van der Waals surface area contributed by atoms with E-state index in [2.05, 4.69) is 31.1 Å². The molecule has 0 aliphatic rings. The van der Waals surface area contributed by atoms with Gasteiger partial charge in [-0.25, -0.2) is 0 Å². The smallest absolute Gasteiger partial charge is 0.180 e. The summed E-state index contributed by atoms with van der Waals surface area (Å²) in [4.78, 5) is 3.96. The molecule has 0 N–H and O–H groups in total. The van der Waals surface area contributed by atoms with E-state index in [1.54, 1.807) is 10.6 Å². The maximum atomic E-state index is 6.25. The van der Waals surface area contributed by atoms with Gasteiger partial charge in [0.2, 0.25) is 0 Å². The molecule has 0 amide bonds. The zero-order chi connectivity index (χ0) is 12.7. The quantitative estimate of drug-likeness (QED) is 0.673. The fraction of sp³-hybridized carbons (Fsp3) is 0. The van der Waals surface area contributed by atoms with Gasteiger partial charge in [0, 0.05) is 10.0 Å². The number of hydrogen-bond acceptors (Lipinski definition) is 3. The Bertz CT molecular complexity index is 741. The fourth-order valence-electron chi connectivity index (χ4n) is 1.66. The highest BCUT2D eigenvalue weighted by Crippen LogP contribution is 2.33. The first kappa shape index (κ1) is 11.9. The second kappa shape index (κ2) is 4.50. The van der Waals surface area contributed by atoms with Crippen LogP contribution in [-0.4, -0.2) is 19.6 Å². The van der Waals surface area contributed by atoms with Crippen LogP contribution in [0.4, 0.5) is 0 Å². The van der Waals surface area contributed by atoms with E-state index < -0.39 is 0 Å². The molecule has 0 aliphatic carbocycles. The molecule has 2 aromatic heterocycles. The summed E-state index contributed by atoms with van der Waals surface area (Å²) in [6, 6.07) is 5.60. The van der Waals surface area contributed by atoms with Crippen molar-refractivity contribution in [3.05, 3.63) is 45.2 Å². The van der Waals surface area contributed by atoms with Crippen LogP contribution in [0.15, 0.2) is 35.1 Å². The summed E-state index contributed by atoms with van der Waals surface area (Å²) in [7, 11) is 0. The lowest BCUT2D eigenvalue weighted by molar-refractivity contribution is 1.11. The lowest BCUT2D eigenvalue weighted by Crippen LogP contribution is -1.93. The van der Waals surface area contributed by atoms with E-state index in [1.807, 2.05) is 18.2 Å². The van der Waals surface area contributed by atoms with Crippen LogP contribution in [0.1, 0.15) is 0 Å². The molecule has 0 fully saturated rings. The molecule has 0 saturated carbocycles. The molecule has 0 saturated heterocycles. The van der Waals surface area contributed by atoms with Crippen LogP contribution in [0.25, 0.3) is 17.0 Å². The third-order valence-electron chi connectivity index (χ3n) is 2.47. The number of fused-ring (bicyclic) bond motifs is 1. The van der Waals surface area contributed by atoms with Crippen molar-refractivity contribution in [1.29, 1.82) is 0 Å². The van der Waals surface area contributed by atoms with Gasteiger partial charge in [0.05, 0.1) is 17.4 Å². The van der Waals surface area contributed by atoms with Crippen molar-refractivity contribution in [2.75, 3.05) is 0 Å². The van der Waals surface area contributed by atoms with Gasteiger partial charge in [-0.05, 0) is 28.1 Å². The molecule has 0 unspecified atom stereocenters. The maximum absolute atomic E-state index is 6.25. The molecule has 0 spiro atoms. The topological polar surface area (TPSA) is 43.1 Å². The summed E-state index contributed by atoms with van der Waals surface area (Å²) in [5.41, 5.74) is 1.33. The highest BCUT2D eigenvalue weighted by molar-refractivity contribution is 9.10. The van der Waals surface area contributed by atoms with Crippen LogP contribution in [0.3, 0.4) is 0 Å². The van der Waals surface area contributed by atoms with Gasteiger partial charge in [0.25, 0.3) is 0 Å². The van der Waals surface area contributed by atoms with Gasteiger partial charge in [0.15, 0.2) is 11.5 Å². The van der Waals surface area contributed by atoms with Gasteiger partial charge >= 0.3 is 0 Å². The molecule has 3 aromatic rings. The van der Waals surface area contributed by atoms with Gasteiger partial charge in [-0.3, -0.25) is 9.38 Å². The van der Waals surface area contributed by atoms with Crippen molar-refractivity contribution in [2.24, 2.45) is 0 Å². The van der Waals surface area contributed by atoms with Gasteiger partial charge in [0.1, 0.15) is 5.15 Å². The first-order valence-corrected chi connectivity index (χ1v) is 6.52. The van der Waals surface area contributed by atoms with Gasteiger partial charge in [-0.15, -0.1) is 10.2 Å². The normalized spacial score (nSPS) is 11.1. The van der Waals surface area contributed by atoms with Crippen molar-refractivity contribution in [1.82, 2.24) is 19.6 Å². The van der Waals surface area contributed by atoms with Crippen molar-refractivity contribution in [3.8, 4) is 11.4 Å². The molecule has 0 radical (unpaired) electrons. The molecule has 18 heavy (non-hydrogen) atoms. The highest BCUT2D eigenvalue weighted by atomic mass is 79.9. The largest absolute Gasteiger partial charge is 0.262 e. The molecule has 0 atom stereocenters. The zero-order valence-corrected chi connectivity index (χ0v) is 11.9. The summed E-state index contributed by atoms with van der Waals surface area (Å²) in [6.45, 7) is 0. The average molecular weight is 344 g/mol. The minimum atomic E-state index is 0.434. The summed E-state index contributed by atoms with van der Waals surface area (Å²) in [5, 5.41) is 9.13. The average Bonchev–Trinajstić information content (AvgIpc) is 2.78. The Morgan fingerprint density at radius 2 is 1.94 bits per heavy atom. The number of benzene rings is 1. The van der Waals surface area contributed by atoms with Gasteiger partial charge in [-0.1, -0.05) is 29.3 Å². The van der Waals surface area contributed by atoms with Crippen molar-refractivity contribution in [2.45, 2.75) is 0 Å². The standard InChI is InChI=1S/C11H5BrCl2N4/c12-7-3-1-2-6(10(7)14)11-17-16-9-5-15-4-8(13)18(9)11/h1-5H.